The van der Waals surface area contributed by atoms with Gasteiger partial charge in [0, 0.05) is 13.1 Å². The lowest BCUT2D eigenvalue weighted by Gasteiger charge is -2.32. The third-order valence-electron chi connectivity index (χ3n) is 3.39. The summed E-state index contributed by atoms with van der Waals surface area (Å²) in [5, 5.41) is 17.3. The van der Waals surface area contributed by atoms with Crippen LogP contribution in [0.5, 0.6) is 0 Å². The van der Waals surface area contributed by atoms with Gasteiger partial charge in [-0.3, -0.25) is 10.1 Å². The van der Waals surface area contributed by atoms with E-state index in [0.29, 0.717) is 17.6 Å². The minimum absolute atomic E-state index is 0.0710. The van der Waals surface area contributed by atoms with E-state index in [1.54, 1.807) is 6.07 Å². The van der Waals surface area contributed by atoms with Gasteiger partial charge in [0.25, 0.3) is 0 Å². The number of hydrogen-bond acceptors (Lipinski definition) is 6. The molecule has 0 aliphatic carbocycles. The zero-order valence-corrected chi connectivity index (χ0v) is 11.9. The maximum absolute atomic E-state index is 12.2. The van der Waals surface area contributed by atoms with Gasteiger partial charge in [-0.05, 0) is 25.0 Å². The summed E-state index contributed by atoms with van der Waals surface area (Å²) in [6.45, 7) is 1.44. The van der Waals surface area contributed by atoms with E-state index in [1.807, 2.05) is 11.0 Å². The number of carbonyl (C=O) groups is 1. The van der Waals surface area contributed by atoms with E-state index in [9.17, 15) is 4.79 Å². The second kappa shape index (κ2) is 6.04. The Labute approximate surface area is 125 Å². The Kier molecular flexibility index (Phi) is 3.96. The molecule has 2 aromatic rings. The number of halogens is 1. The lowest BCUT2D eigenvalue weighted by atomic mass is 9.97. The smallest absolute Gasteiger partial charge is 0.231 e. The molecule has 0 aromatic carbocycles. The monoisotopic (exact) mass is 307 g/mol. The lowest BCUT2D eigenvalue weighted by Crippen LogP contribution is -2.41. The number of piperidine rings is 1. The van der Waals surface area contributed by atoms with Crippen LogP contribution >= 0.6 is 11.6 Å². The highest BCUT2D eigenvalue weighted by Gasteiger charge is 2.27. The Morgan fingerprint density at radius 2 is 2.33 bits per heavy atom. The van der Waals surface area contributed by atoms with Gasteiger partial charge in [0.2, 0.25) is 11.9 Å². The molecule has 8 nitrogen and oxygen atoms in total. The number of carbonyl (C=O) groups excluding carboxylic acids is 1. The lowest BCUT2D eigenvalue weighted by molar-refractivity contribution is -0.120. The second-order valence-electron chi connectivity index (χ2n) is 4.82. The fourth-order valence-corrected chi connectivity index (χ4v) is 2.46. The molecule has 1 saturated heterocycles. The highest BCUT2D eigenvalue weighted by molar-refractivity contribution is 6.29. The summed E-state index contributed by atoms with van der Waals surface area (Å²) < 4.78 is 0. The average Bonchev–Trinajstić information content (AvgIpc) is 3.01. The van der Waals surface area contributed by atoms with Crippen molar-refractivity contribution in [3.05, 3.63) is 23.6 Å². The Morgan fingerprint density at radius 3 is 3.05 bits per heavy atom. The summed E-state index contributed by atoms with van der Waals surface area (Å²) in [5.41, 5.74) is 0. The Hall–Kier alpha value is -2.22. The first-order valence-electron chi connectivity index (χ1n) is 6.63. The third kappa shape index (κ3) is 3.27. The van der Waals surface area contributed by atoms with E-state index in [4.69, 9.17) is 11.6 Å². The van der Waals surface area contributed by atoms with Gasteiger partial charge in [0.1, 0.15) is 6.33 Å². The van der Waals surface area contributed by atoms with Crippen molar-refractivity contribution in [1.82, 2.24) is 25.4 Å². The molecule has 0 unspecified atom stereocenters. The van der Waals surface area contributed by atoms with Crippen LogP contribution in [0.25, 0.3) is 0 Å². The molecule has 2 aromatic heterocycles. The summed E-state index contributed by atoms with van der Waals surface area (Å²) in [6, 6.07) is 3.51. The number of hydrogen-bond donors (Lipinski definition) is 2. The van der Waals surface area contributed by atoms with Crippen LogP contribution in [-0.4, -0.2) is 44.4 Å². The quantitative estimate of drug-likeness (QED) is 0.881. The SMILES string of the molecule is O=C(Nc1ncn[nH]1)[C@H]1CCCN(c2ccc(Cl)nn2)C1. The molecule has 2 N–H and O–H groups in total. The maximum atomic E-state index is 12.2. The van der Waals surface area contributed by atoms with Gasteiger partial charge in [0.15, 0.2) is 11.0 Å². The number of rotatable bonds is 3. The Bertz CT molecular complexity index is 601. The summed E-state index contributed by atoms with van der Waals surface area (Å²) in [4.78, 5) is 18.1. The highest BCUT2D eigenvalue weighted by Crippen LogP contribution is 2.22. The van der Waals surface area contributed by atoms with E-state index >= 15 is 0 Å². The van der Waals surface area contributed by atoms with E-state index in [1.165, 1.54) is 6.33 Å². The molecule has 0 bridgehead atoms. The number of amides is 1. The number of nitrogens with one attached hydrogen (secondary N) is 2. The Morgan fingerprint density at radius 1 is 1.43 bits per heavy atom. The van der Waals surface area contributed by atoms with Crippen LogP contribution in [-0.2, 0) is 4.79 Å². The molecular formula is C12H14ClN7O. The van der Waals surface area contributed by atoms with Crippen LogP contribution in [0, 0.1) is 5.92 Å². The average molecular weight is 308 g/mol. The van der Waals surface area contributed by atoms with E-state index in [0.717, 1.165) is 25.2 Å². The molecule has 110 valence electrons. The topological polar surface area (TPSA) is 99.7 Å². The molecule has 1 amide bonds. The number of anilines is 2. The minimum Gasteiger partial charge on any atom is -0.354 e. The molecule has 1 fully saturated rings. The Balaban J connectivity index is 1.65. The van der Waals surface area contributed by atoms with Crippen LogP contribution in [0.15, 0.2) is 18.5 Å². The molecule has 3 heterocycles. The van der Waals surface area contributed by atoms with E-state index < -0.39 is 0 Å². The van der Waals surface area contributed by atoms with Gasteiger partial charge in [-0.1, -0.05) is 11.6 Å². The van der Waals surface area contributed by atoms with E-state index in [2.05, 4.69) is 30.7 Å². The molecular weight excluding hydrogens is 294 g/mol. The predicted molar refractivity (Wildman–Crippen MR) is 77.0 cm³/mol. The van der Waals surface area contributed by atoms with Crippen LogP contribution in [0.4, 0.5) is 11.8 Å². The normalized spacial score (nSPS) is 18.5. The van der Waals surface area contributed by atoms with Gasteiger partial charge in [-0.15, -0.1) is 10.2 Å². The van der Waals surface area contributed by atoms with Gasteiger partial charge in [-0.25, -0.2) is 5.10 Å². The van der Waals surface area contributed by atoms with Crippen LogP contribution in [0.1, 0.15) is 12.8 Å². The fraction of sp³-hybridized carbons (Fsp3) is 0.417. The molecule has 0 radical (unpaired) electrons. The first kappa shape index (κ1) is 13.7. The van der Waals surface area contributed by atoms with Crippen molar-refractivity contribution in [3.63, 3.8) is 0 Å². The highest BCUT2D eigenvalue weighted by atomic mass is 35.5. The van der Waals surface area contributed by atoms with Crippen molar-refractivity contribution in [2.45, 2.75) is 12.8 Å². The van der Waals surface area contributed by atoms with Crippen molar-refractivity contribution in [1.29, 1.82) is 0 Å². The molecule has 9 heteroatoms. The molecule has 1 aliphatic rings. The van der Waals surface area contributed by atoms with Crippen molar-refractivity contribution in [3.8, 4) is 0 Å². The molecule has 3 rings (SSSR count). The molecule has 1 atom stereocenters. The fourth-order valence-electron chi connectivity index (χ4n) is 2.36. The number of H-pyrrole nitrogens is 1. The van der Waals surface area contributed by atoms with Crippen LogP contribution < -0.4 is 10.2 Å². The first-order valence-corrected chi connectivity index (χ1v) is 7.00. The number of aromatic amines is 1. The van der Waals surface area contributed by atoms with Gasteiger partial charge >= 0.3 is 0 Å². The van der Waals surface area contributed by atoms with E-state index in [-0.39, 0.29) is 11.8 Å². The zero-order chi connectivity index (χ0) is 14.7. The van der Waals surface area contributed by atoms with Crippen molar-refractivity contribution < 1.29 is 4.79 Å². The standard InChI is InChI=1S/C12H14ClN7O/c13-9-3-4-10(18-17-9)20-5-1-2-8(6-20)11(21)16-12-14-7-15-19-12/h3-4,7-8H,1-2,5-6H2,(H2,14,15,16,19,21)/t8-/m0/s1. The van der Waals surface area contributed by atoms with Crippen molar-refractivity contribution in [2.24, 2.45) is 5.92 Å². The van der Waals surface area contributed by atoms with Crippen LogP contribution in [0.2, 0.25) is 5.15 Å². The predicted octanol–water partition coefficient (Wildman–Crippen LogP) is 1.10. The molecule has 21 heavy (non-hydrogen) atoms. The van der Waals surface area contributed by atoms with Crippen LogP contribution in [0.3, 0.4) is 0 Å². The molecule has 1 aliphatic heterocycles. The summed E-state index contributed by atoms with van der Waals surface area (Å²) >= 11 is 5.74. The molecule has 0 spiro atoms. The van der Waals surface area contributed by atoms with Gasteiger partial charge in [0.05, 0.1) is 5.92 Å². The number of aromatic nitrogens is 5. The third-order valence-corrected chi connectivity index (χ3v) is 3.59. The largest absolute Gasteiger partial charge is 0.354 e. The summed E-state index contributed by atoms with van der Waals surface area (Å²) in [7, 11) is 0. The maximum Gasteiger partial charge on any atom is 0.231 e. The summed E-state index contributed by atoms with van der Waals surface area (Å²) in [6.07, 6.45) is 3.10. The van der Waals surface area contributed by atoms with Gasteiger partial charge < -0.3 is 4.90 Å². The molecule has 0 saturated carbocycles. The number of nitrogens with zero attached hydrogens (tertiary/aromatic N) is 5. The first-order chi connectivity index (χ1) is 10.2. The van der Waals surface area contributed by atoms with Crippen molar-refractivity contribution in [2.75, 3.05) is 23.3 Å². The zero-order valence-electron chi connectivity index (χ0n) is 11.2. The summed E-state index contributed by atoms with van der Waals surface area (Å²) in [5.74, 6) is 0.902. The second-order valence-corrected chi connectivity index (χ2v) is 5.21. The minimum atomic E-state index is -0.124. The van der Waals surface area contributed by atoms with Crippen molar-refractivity contribution >= 4 is 29.3 Å². The van der Waals surface area contributed by atoms with Gasteiger partial charge in [-0.2, -0.15) is 10.1 Å².